The highest BCUT2D eigenvalue weighted by Gasteiger charge is 2.22. The number of piperidine rings is 1. The fourth-order valence-corrected chi connectivity index (χ4v) is 4.04. The van der Waals surface area contributed by atoms with Crippen molar-refractivity contribution in [2.75, 3.05) is 54.4 Å². The molecule has 0 atom stereocenters. The molecule has 0 spiro atoms. The molecule has 0 bridgehead atoms. The molecule has 7 nitrogen and oxygen atoms in total. The molecule has 1 aromatic carbocycles. The van der Waals surface area contributed by atoms with E-state index in [1.54, 1.807) is 12.3 Å². The molecular formula is C24H34N6O. The highest BCUT2D eigenvalue weighted by atomic mass is 16.1. The quantitative estimate of drug-likeness (QED) is 0.697. The number of rotatable bonds is 4. The van der Waals surface area contributed by atoms with E-state index >= 15 is 0 Å². The van der Waals surface area contributed by atoms with Crippen LogP contribution in [0.15, 0.2) is 30.5 Å². The largest absolute Gasteiger partial charge is 0.370 e. The molecule has 7 heteroatoms. The van der Waals surface area contributed by atoms with Crippen molar-refractivity contribution < 1.29 is 4.79 Å². The molecular weight excluding hydrogens is 388 g/mol. The van der Waals surface area contributed by atoms with Crippen molar-refractivity contribution >= 4 is 23.0 Å². The molecule has 3 N–H and O–H groups in total. The maximum atomic E-state index is 12.7. The van der Waals surface area contributed by atoms with Gasteiger partial charge in [-0.1, -0.05) is 20.8 Å². The van der Waals surface area contributed by atoms with Gasteiger partial charge in [0.05, 0.1) is 16.9 Å². The number of benzene rings is 1. The predicted octanol–water partition coefficient (Wildman–Crippen LogP) is 3.81. The zero-order valence-corrected chi connectivity index (χ0v) is 18.9. The molecule has 0 unspecified atom stereocenters. The molecule has 2 saturated heterocycles. The third kappa shape index (κ3) is 5.59. The van der Waals surface area contributed by atoms with Crippen molar-refractivity contribution in [3.63, 3.8) is 0 Å². The minimum absolute atomic E-state index is 0.229. The van der Waals surface area contributed by atoms with Crippen molar-refractivity contribution in [1.29, 1.82) is 5.26 Å². The number of aromatic nitrogens is 1. The van der Waals surface area contributed by atoms with Gasteiger partial charge in [0.15, 0.2) is 0 Å². The number of amides is 1. The number of carbonyl (C=O) groups excluding carboxylic acids is 1. The summed E-state index contributed by atoms with van der Waals surface area (Å²) in [7, 11) is 0. The topological polar surface area (TPSA) is 87.2 Å². The van der Waals surface area contributed by atoms with Gasteiger partial charge in [-0.3, -0.25) is 4.79 Å². The van der Waals surface area contributed by atoms with Gasteiger partial charge >= 0.3 is 0 Å². The van der Waals surface area contributed by atoms with Crippen molar-refractivity contribution in [3.05, 3.63) is 41.7 Å². The number of hydrogen-bond acceptors (Lipinski definition) is 5. The highest BCUT2D eigenvalue weighted by Crippen LogP contribution is 2.34. The summed E-state index contributed by atoms with van der Waals surface area (Å²) in [5, 5.41) is 15.4. The first-order valence-corrected chi connectivity index (χ1v) is 11.4. The summed E-state index contributed by atoms with van der Waals surface area (Å²) in [6.45, 7) is 12.2. The summed E-state index contributed by atoms with van der Waals surface area (Å²) in [5.74, 6) is 0.511. The number of hydrogen-bond donors (Lipinski definition) is 3. The zero-order valence-electron chi connectivity index (χ0n) is 18.9. The Hall–Kier alpha value is -2.98. The first-order chi connectivity index (χ1) is 15.1. The van der Waals surface area contributed by atoms with Crippen LogP contribution in [0.5, 0.6) is 0 Å². The van der Waals surface area contributed by atoms with E-state index in [0.29, 0.717) is 11.3 Å². The number of nitriles is 1. The van der Waals surface area contributed by atoms with E-state index < -0.39 is 0 Å². The van der Waals surface area contributed by atoms with Gasteiger partial charge in [0.2, 0.25) is 0 Å². The first kappa shape index (κ1) is 22.7. The lowest BCUT2D eigenvalue weighted by Gasteiger charge is -2.35. The molecule has 0 radical (unpaired) electrons. The van der Waals surface area contributed by atoms with E-state index in [0.717, 1.165) is 69.4 Å². The number of nitrogens with zero attached hydrogens (tertiary/aromatic N) is 3. The molecule has 1 amide bonds. The standard InChI is InChI=1S/C22H28N6O.C2H6/c1-16-4-8-28(9-5-16)21-13-18(27-10-6-24-7-11-27)2-3-19(21)26-22(29)20-12-17(14-23)15-25-20;1-2/h2-3,12-13,15-16,24-25H,4-11H2,1H3,(H,26,29);1-2H3. The first-order valence-electron chi connectivity index (χ1n) is 11.4. The minimum Gasteiger partial charge on any atom is -0.370 e. The SMILES string of the molecule is CC.CC1CCN(c2cc(N3CCNCC3)ccc2NC(=O)c2cc(C#N)c[nH]2)CC1. The van der Waals surface area contributed by atoms with Crippen molar-refractivity contribution in [1.82, 2.24) is 10.3 Å². The monoisotopic (exact) mass is 422 g/mol. The molecule has 166 valence electrons. The second-order valence-corrected chi connectivity index (χ2v) is 7.98. The summed E-state index contributed by atoms with van der Waals surface area (Å²) in [6.07, 6.45) is 3.87. The fraction of sp³-hybridized carbons (Fsp3) is 0.500. The minimum atomic E-state index is -0.229. The Morgan fingerprint density at radius 3 is 2.45 bits per heavy atom. The van der Waals surface area contributed by atoms with Crippen LogP contribution in [-0.2, 0) is 0 Å². The molecule has 2 aliphatic heterocycles. The normalized spacial score (nSPS) is 16.8. The molecule has 0 saturated carbocycles. The summed E-state index contributed by atoms with van der Waals surface area (Å²) in [6, 6.07) is 9.94. The van der Waals surface area contributed by atoms with Gasteiger partial charge in [0, 0.05) is 51.2 Å². The summed E-state index contributed by atoms with van der Waals surface area (Å²) < 4.78 is 0. The lowest BCUT2D eigenvalue weighted by molar-refractivity contribution is 0.102. The van der Waals surface area contributed by atoms with Crippen molar-refractivity contribution in [2.24, 2.45) is 5.92 Å². The Morgan fingerprint density at radius 2 is 1.81 bits per heavy atom. The second-order valence-electron chi connectivity index (χ2n) is 7.98. The predicted molar refractivity (Wildman–Crippen MR) is 127 cm³/mol. The number of piperazine rings is 1. The van der Waals surface area contributed by atoms with Crippen LogP contribution in [-0.4, -0.2) is 50.2 Å². The highest BCUT2D eigenvalue weighted by molar-refractivity contribution is 6.05. The second kappa shape index (κ2) is 10.9. The average molecular weight is 423 g/mol. The number of carbonyl (C=O) groups is 1. The van der Waals surface area contributed by atoms with Crippen LogP contribution in [0.25, 0.3) is 0 Å². The van der Waals surface area contributed by atoms with Crippen LogP contribution in [0.3, 0.4) is 0 Å². The van der Waals surface area contributed by atoms with Crippen LogP contribution in [0.1, 0.15) is 49.7 Å². The maximum absolute atomic E-state index is 12.7. The van der Waals surface area contributed by atoms with Crippen LogP contribution < -0.4 is 20.4 Å². The van der Waals surface area contributed by atoms with Gasteiger partial charge in [-0.25, -0.2) is 0 Å². The third-order valence-corrected chi connectivity index (χ3v) is 5.89. The maximum Gasteiger partial charge on any atom is 0.272 e. The van der Waals surface area contributed by atoms with Gasteiger partial charge in [-0.05, 0) is 43.0 Å². The Labute approximate surface area is 185 Å². The molecule has 2 fully saturated rings. The molecule has 1 aromatic heterocycles. The molecule has 3 heterocycles. The van der Waals surface area contributed by atoms with Crippen LogP contribution in [0.4, 0.5) is 17.1 Å². The average Bonchev–Trinajstić information content (AvgIpc) is 3.31. The summed E-state index contributed by atoms with van der Waals surface area (Å²) in [5.41, 5.74) is 3.94. The van der Waals surface area contributed by atoms with Gasteiger partial charge in [0.1, 0.15) is 11.8 Å². The Kier molecular flexibility index (Phi) is 7.96. The fourth-order valence-electron chi connectivity index (χ4n) is 4.04. The van der Waals surface area contributed by atoms with E-state index in [4.69, 9.17) is 5.26 Å². The van der Waals surface area contributed by atoms with Crippen LogP contribution in [0, 0.1) is 17.2 Å². The van der Waals surface area contributed by atoms with E-state index in [1.807, 2.05) is 26.0 Å². The van der Waals surface area contributed by atoms with E-state index in [1.165, 1.54) is 5.69 Å². The van der Waals surface area contributed by atoms with Crippen molar-refractivity contribution in [3.8, 4) is 6.07 Å². The van der Waals surface area contributed by atoms with Gasteiger partial charge < -0.3 is 25.4 Å². The molecule has 2 aromatic rings. The van der Waals surface area contributed by atoms with Crippen LogP contribution >= 0.6 is 0 Å². The summed E-state index contributed by atoms with van der Waals surface area (Å²) >= 11 is 0. The van der Waals surface area contributed by atoms with Gasteiger partial charge in [0.25, 0.3) is 5.91 Å². The molecule has 31 heavy (non-hydrogen) atoms. The smallest absolute Gasteiger partial charge is 0.272 e. The van der Waals surface area contributed by atoms with E-state index in [9.17, 15) is 4.79 Å². The zero-order chi connectivity index (χ0) is 22.2. The number of aromatic amines is 1. The van der Waals surface area contributed by atoms with E-state index in [2.05, 4.69) is 44.5 Å². The van der Waals surface area contributed by atoms with Gasteiger partial charge in [-0.15, -0.1) is 0 Å². The lowest BCUT2D eigenvalue weighted by Crippen LogP contribution is -2.43. The molecule has 4 rings (SSSR count). The van der Waals surface area contributed by atoms with Crippen LogP contribution in [0.2, 0.25) is 0 Å². The Bertz CT molecular complexity index is 901. The van der Waals surface area contributed by atoms with Crippen molar-refractivity contribution in [2.45, 2.75) is 33.6 Å². The van der Waals surface area contributed by atoms with E-state index in [-0.39, 0.29) is 5.91 Å². The number of nitrogens with one attached hydrogen (secondary N) is 3. The lowest BCUT2D eigenvalue weighted by atomic mass is 9.98. The third-order valence-electron chi connectivity index (χ3n) is 5.89. The Morgan fingerprint density at radius 1 is 1.10 bits per heavy atom. The number of anilines is 3. The number of H-pyrrole nitrogens is 1. The Balaban J connectivity index is 0.00000132. The van der Waals surface area contributed by atoms with Gasteiger partial charge in [-0.2, -0.15) is 5.26 Å². The summed E-state index contributed by atoms with van der Waals surface area (Å²) in [4.78, 5) is 20.4. The molecule has 0 aliphatic carbocycles. The molecule has 2 aliphatic rings.